The van der Waals surface area contributed by atoms with Crippen LogP contribution in [0.2, 0.25) is 0 Å². The molecule has 514 valence electrons. The molecular formula is C104H64N2O2S2. The van der Waals surface area contributed by atoms with E-state index in [2.05, 4.69) is 392 Å². The van der Waals surface area contributed by atoms with Gasteiger partial charge in [-0.05, 0) is 180 Å². The molecule has 6 heteroatoms. The highest BCUT2D eigenvalue weighted by Gasteiger charge is 2.27. The van der Waals surface area contributed by atoms with Gasteiger partial charge in [0.2, 0.25) is 0 Å². The summed E-state index contributed by atoms with van der Waals surface area (Å²) in [6.45, 7) is 0. The van der Waals surface area contributed by atoms with Gasteiger partial charge in [0.25, 0.3) is 0 Å². The average Bonchev–Trinajstić information content (AvgIpc) is 1.42. The van der Waals surface area contributed by atoms with Crippen LogP contribution in [0.5, 0.6) is 0 Å². The van der Waals surface area contributed by atoms with Crippen molar-refractivity contribution in [1.29, 1.82) is 0 Å². The molecule has 22 rings (SSSR count). The highest BCUT2D eigenvalue weighted by molar-refractivity contribution is 7.26. The molecule has 0 radical (unpaired) electrons. The summed E-state index contributed by atoms with van der Waals surface area (Å²) >= 11 is 3.69. The van der Waals surface area contributed by atoms with Gasteiger partial charge in [-0.2, -0.15) is 0 Å². The molecule has 0 aliphatic rings. The molecule has 0 aliphatic heterocycles. The number of anilines is 6. The highest BCUT2D eigenvalue weighted by Crippen LogP contribution is 2.52. The standard InChI is InChI=1S/C104H64N2O2S2/c1-3-26-77-66(20-1)22-18-35-78(77)68-44-42-65(43-45-68)69-24-17-25-74(58-69)105(94-37-12-7-28-80(94)72-48-54-92-90-33-10-15-40-101(90)109-103(92)61-72)75-50-56-89-87-53-47-71(60-98(87)108-100(89)63-75)70-46-52-81(73-49-55-93-91-34-11-16-41-102(91)110-104(93)62-73)96(59-70)106(76-51-57-88-86-32-9-14-39-97(86)107-99(88)64-76)95-38-13-8-31-85(95)84-30-6-5-29-83(84)82-36-19-23-67-21-2-4-27-79(67)82/h1-64H. The molecule has 22 aromatic rings. The molecule has 0 aliphatic carbocycles. The summed E-state index contributed by atoms with van der Waals surface area (Å²) in [5, 5.41) is 14.2. The van der Waals surface area contributed by atoms with E-state index in [1.807, 2.05) is 28.7 Å². The minimum absolute atomic E-state index is 0.796. The van der Waals surface area contributed by atoms with Crippen LogP contribution in [0.1, 0.15) is 0 Å². The highest BCUT2D eigenvalue weighted by atomic mass is 32.1. The Labute approximate surface area is 642 Å². The molecule has 4 heterocycles. The number of para-hydroxylation sites is 3. The first kappa shape index (κ1) is 63.4. The second-order valence-corrected chi connectivity index (χ2v) is 30.7. The number of fused-ring (bicyclic) bond motifs is 14. The van der Waals surface area contributed by atoms with Crippen molar-refractivity contribution in [2.45, 2.75) is 0 Å². The van der Waals surface area contributed by atoms with E-state index in [1.54, 1.807) is 0 Å². The largest absolute Gasteiger partial charge is 0.456 e. The van der Waals surface area contributed by atoms with E-state index < -0.39 is 0 Å². The van der Waals surface area contributed by atoms with E-state index in [-0.39, 0.29) is 0 Å². The van der Waals surface area contributed by atoms with E-state index in [0.29, 0.717) is 0 Å². The Balaban J connectivity index is 0.707. The van der Waals surface area contributed by atoms with Gasteiger partial charge in [0.05, 0.1) is 17.1 Å². The minimum atomic E-state index is 0.796. The van der Waals surface area contributed by atoms with E-state index >= 15 is 0 Å². The second-order valence-electron chi connectivity index (χ2n) is 28.6. The molecule has 0 atom stereocenters. The second kappa shape index (κ2) is 26.0. The molecule has 0 spiro atoms. The van der Waals surface area contributed by atoms with Crippen molar-refractivity contribution < 1.29 is 8.83 Å². The summed E-state index contributed by atoms with van der Waals surface area (Å²) in [4.78, 5) is 4.89. The van der Waals surface area contributed by atoms with Gasteiger partial charge in [0.1, 0.15) is 22.3 Å². The maximum atomic E-state index is 7.27. The predicted molar refractivity (Wildman–Crippen MR) is 469 cm³/mol. The lowest BCUT2D eigenvalue weighted by Crippen LogP contribution is -2.13. The van der Waals surface area contributed by atoms with Gasteiger partial charge in [-0.25, -0.2) is 0 Å². The van der Waals surface area contributed by atoms with Crippen molar-refractivity contribution in [2.75, 3.05) is 9.80 Å². The molecule has 18 aromatic carbocycles. The predicted octanol–water partition coefficient (Wildman–Crippen LogP) is 31.1. The molecule has 4 nitrogen and oxygen atoms in total. The zero-order valence-electron chi connectivity index (χ0n) is 59.5. The molecule has 0 bridgehead atoms. The Morgan fingerprint density at radius 2 is 0.564 bits per heavy atom. The lowest BCUT2D eigenvalue weighted by atomic mass is 9.90. The number of hydrogen-bond acceptors (Lipinski definition) is 6. The van der Waals surface area contributed by atoms with E-state index in [4.69, 9.17) is 8.83 Å². The quantitative estimate of drug-likeness (QED) is 0.115. The summed E-state index contributed by atoms with van der Waals surface area (Å²) in [7, 11) is 0. The Bertz CT molecular complexity index is 7450. The van der Waals surface area contributed by atoms with Crippen LogP contribution >= 0.6 is 22.7 Å². The number of hydrogen-bond donors (Lipinski definition) is 0. The number of nitrogens with zero attached hydrogens (tertiary/aromatic N) is 2. The fourth-order valence-electron chi connectivity index (χ4n) is 17.1. The molecule has 0 saturated heterocycles. The first-order valence-electron chi connectivity index (χ1n) is 37.4. The maximum absolute atomic E-state index is 7.27. The zero-order valence-corrected chi connectivity index (χ0v) is 61.1. The lowest BCUT2D eigenvalue weighted by Gasteiger charge is -2.31. The van der Waals surface area contributed by atoms with Crippen LogP contribution in [0.4, 0.5) is 34.1 Å². The number of thiophene rings is 2. The van der Waals surface area contributed by atoms with Crippen molar-refractivity contribution in [3.63, 3.8) is 0 Å². The number of benzene rings is 18. The normalized spacial score (nSPS) is 11.8. The molecule has 0 fully saturated rings. The van der Waals surface area contributed by atoms with Crippen LogP contribution in [0, 0.1) is 0 Å². The number of rotatable bonds is 13. The molecule has 110 heavy (non-hydrogen) atoms. The van der Waals surface area contributed by atoms with Crippen molar-refractivity contribution in [3.8, 4) is 77.9 Å². The van der Waals surface area contributed by atoms with Gasteiger partial charge >= 0.3 is 0 Å². The third kappa shape index (κ3) is 10.7. The van der Waals surface area contributed by atoms with Crippen molar-refractivity contribution in [3.05, 3.63) is 388 Å². The molecule has 0 N–H and O–H groups in total. The van der Waals surface area contributed by atoms with Crippen molar-refractivity contribution in [2.24, 2.45) is 0 Å². The van der Waals surface area contributed by atoms with Crippen LogP contribution in [-0.2, 0) is 0 Å². The fraction of sp³-hybridized carbons (Fsp3) is 0. The van der Waals surface area contributed by atoms with Crippen LogP contribution in [-0.4, -0.2) is 0 Å². The Morgan fingerprint density at radius 3 is 1.24 bits per heavy atom. The van der Waals surface area contributed by atoms with Gasteiger partial charge in [-0.3, -0.25) is 0 Å². The molecule has 0 unspecified atom stereocenters. The van der Waals surface area contributed by atoms with Gasteiger partial charge in [-0.1, -0.05) is 279 Å². The summed E-state index contributed by atoms with van der Waals surface area (Å²) in [6.07, 6.45) is 0. The first-order valence-corrected chi connectivity index (χ1v) is 39.0. The molecule has 0 amide bonds. The number of furan rings is 2. The van der Waals surface area contributed by atoms with Crippen molar-refractivity contribution >= 4 is 163 Å². The smallest absolute Gasteiger partial charge is 0.137 e. The van der Waals surface area contributed by atoms with E-state index in [0.717, 1.165) is 139 Å². The first-order chi connectivity index (χ1) is 54.5. The Morgan fingerprint density at radius 1 is 0.173 bits per heavy atom. The fourth-order valence-corrected chi connectivity index (χ4v) is 19.4. The molecular weight excluding hydrogens is 1370 g/mol. The Hall–Kier alpha value is -13.9. The van der Waals surface area contributed by atoms with Crippen LogP contribution in [0.25, 0.3) is 184 Å². The minimum Gasteiger partial charge on any atom is -0.456 e. The monoisotopic (exact) mass is 1440 g/mol. The summed E-state index contributed by atoms with van der Waals surface area (Å²) in [5.41, 5.74) is 25.1. The van der Waals surface area contributed by atoms with Gasteiger partial charge in [-0.15, -0.1) is 22.7 Å². The van der Waals surface area contributed by atoms with Crippen molar-refractivity contribution in [1.82, 2.24) is 0 Å². The summed E-state index contributed by atoms with van der Waals surface area (Å²) < 4.78 is 19.1. The van der Waals surface area contributed by atoms with Crippen LogP contribution < -0.4 is 9.80 Å². The topological polar surface area (TPSA) is 32.8 Å². The summed E-state index contributed by atoms with van der Waals surface area (Å²) in [6, 6.07) is 142. The zero-order chi connectivity index (χ0) is 72.3. The lowest BCUT2D eigenvalue weighted by molar-refractivity contribution is 0.668. The van der Waals surface area contributed by atoms with E-state index in [9.17, 15) is 0 Å². The third-order valence-electron chi connectivity index (χ3n) is 22.3. The Kier molecular flexibility index (Phi) is 15.0. The van der Waals surface area contributed by atoms with Gasteiger partial charge in [0.15, 0.2) is 0 Å². The van der Waals surface area contributed by atoms with E-state index in [1.165, 1.54) is 78.6 Å². The SMILES string of the molecule is c1cc(-c2ccc(-c3cccc4ccccc34)cc2)cc(N(c2ccc3c(c2)oc2cc(-c4ccc(-c5ccc6c(c5)sc5ccccc56)c(N(c5ccc6c(c5)oc5ccccc56)c5ccccc5-c5ccccc5-c5cccc6ccccc56)c4)ccc23)c2ccccc2-c2ccc3c(c2)sc2ccccc23)c1. The summed E-state index contributed by atoms with van der Waals surface area (Å²) in [5.74, 6) is 0. The molecule has 4 aromatic heterocycles. The molecule has 0 saturated carbocycles. The van der Waals surface area contributed by atoms with Crippen LogP contribution in [0.3, 0.4) is 0 Å². The average molecular weight is 1440 g/mol. The third-order valence-corrected chi connectivity index (χ3v) is 24.6. The van der Waals surface area contributed by atoms with Gasteiger partial charge < -0.3 is 18.6 Å². The van der Waals surface area contributed by atoms with Crippen LogP contribution in [0.15, 0.2) is 397 Å². The van der Waals surface area contributed by atoms with Gasteiger partial charge in [0, 0.05) is 108 Å². The maximum Gasteiger partial charge on any atom is 0.137 e.